The van der Waals surface area contributed by atoms with E-state index in [0.717, 1.165) is 18.7 Å². The van der Waals surface area contributed by atoms with Gasteiger partial charge in [0.2, 0.25) is 0 Å². The highest BCUT2D eigenvalue weighted by atomic mass is 35.5. The molecule has 1 aromatic heterocycles. The first-order valence-electron chi connectivity index (χ1n) is 6.59. The molecule has 1 aromatic carbocycles. The third-order valence-corrected chi connectivity index (χ3v) is 2.91. The molecule has 0 radical (unpaired) electrons. The molecule has 0 atom stereocenters. The van der Waals surface area contributed by atoms with E-state index < -0.39 is 0 Å². The molecule has 0 bridgehead atoms. The van der Waals surface area contributed by atoms with Crippen molar-refractivity contribution in [3.63, 3.8) is 0 Å². The third kappa shape index (κ3) is 4.47. The Bertz CT molecular complexity index is 543. The predicted octanol–water partition coefficient (Wildman–Crippen LogP) is 3.67. The zero-order valence-electron chi connectivity index (χ0n) is 11.6. The number of ether oxygens (including phenoxy) is 1. The maximum atomic E-state index is 6.01. The van der Waals surface area contributed by atoms with Crippen molar-refractivity contribution in [3.8, 4) is 11.8 Å². The Morgan fingerprint density at radius 1 is 1.20 bits per heavy atom. The predicted molar refractivity (Wildman–Crippen MR) is 80.1 cm³/mol. The zero-order chi connectivity index (χ0) is 14.4. The molecule has 106 valence electrons. The first-order valence-corrected chi connectivity index (χ1v) is 6.97. The Balaban J connectivity index is 1.93. The van der Waals surface area contributed by atoms with Crippen molar-refractivity contribution in [1.29, 1.82) is 0 Å². The average Bonchev–Trinajstić information content (AvgIpc) is 2.43. The van der Waals surface area contributed by atoms with Gasteiger partial charge in [0.15, 0.2) is 0 Å². The molecule has 0 aliphatic heterocycles. The van der Waals surface area contributed by atoms with Crippen LogP contribution in [0, 0.1) is 5.92 Å². The fourth-order valence-corrected chi connectivity index (χ4v) is 1.79. The lowest BCUT2D eigenvalue weighted by molar-refractivity contribution is 0.440. The van der Waals surface area contributed by atoms with Crippen LogP contribution in [0.2, 0.25) is 5.02 Å². The molecular formula is C15H18ClN3O. The number of hydrogen-bond donors (Lipinski definition) is 1. The van der Waals surface area contributed by atoms with E-state index in [1.165, 1.54) is 0 Å². The number of benzene rings is 1. The highest BCUT2D eigenvalue weighted by Gasteiger charge is 2.04. The SMILES string of the molecule is CC(C)CNCc1cnc(Oc2ccccc2Cl)nc1. The lowest BCUT2D eigenvalue weighted by Crippen LogP contribution is -2.19. The van der Waals surface area contributed by atoms with E-state index in [2.05, 4.69) is 29.1 Å². The van der Waals surface area contributed by atoms with Gasteiger partial charge in [-0.15, -0.1) is 0 Å². The van der Waals surface area contributed by atoms with Crippen LogP contribution in [0.4, 0.5) is 0 Å². The quantitative estimate of drug-likeness (QED) is 0.882. The Kier molecular flexibility index (Phi) is 5.32. The van der Waals surface area contributed by atoms with E-state index in [9.17, 15) is 0 Å². The number of aromatic nitrogens is 2. The average molecular weight is 292 g/mol. The summed E-state index contributed by atoms with van der Waals surface area (Å²) in [5, 5.41) is 3.88. The standard InChI is InChI=1S/C15H18ClN3O/c1-11(2)7-17-8-12-9-18-15(19-10-12)20-14-6-4-3-5-13(14)16/h3-6,9-11,17H,7-8H2,1-2H3. The molecule has 0 spiro atoms. The maximum Gasteiger partial charge on any atom is 0.321 e. The normalized spacial score (nSPS) is 10.8. The van der Waals surface area contributed by atoms with E-state index >= 15 is 0 Å². The van der Waals surface area contributed by atoms with Crippen molar-refractivity contribution in [2.24, 2.45) is 5.92 Å². The van der Waals surface area contributed by atoms with Crippen LogP contribution in [0.1, 0.15) is 19.4 Å². The van der Waals surface area contributed by atoms with Crippen LogP contribution >= 0.6 is 11.6 Å². The van der Waals surface area contributed by atoms with Crippen molar-refractivity contribution in [2.75, 3.05) is 6.54 Å². The van der Waals surface area contributed by atoms with Crippen LogP contribution in [0.25, 0.3) is 0 Å². The molecule has 0 fully saturated rings. The molecule has 5 heteroatoms. The van der Waals surface area contributed by atoms with Crippen molar-refractivity contribution >= 4 is 11.6 Å². The topological polar surface area (TPSA) is 47.0 Å². The van der Waals surface area contributed by atoms with Crippen LogP contribution in [-0.2, 0) is 6.54 Å². The summed E-state index contributed by atoms with van der Waals surface area (Å²) in [6, 6.07) is 7.54. The zero-order valence-corrected chi connectivity index (χ0v) is 12.4. The van der Waals surface area contributed by atoms with E-state index in [0.29, 0.717) is 22.7 Å². The minimum absolute atomic E-state index is 0.297. The summed E-state index contributed by atoms with van der Waals surface area (Å²) in [6.07, 6.45) is 3.51. The summed E-state index contributed by atoms with van der Waals surface area (Å²) < 4.78 is 5.53. The van der Waals surface area contributed by atoms with Gasteiger partial charge >= 0.3 is 6.01 Å². The first-order chi connectivity index (χ1) is 9.65. The number of rotatable bonds is 6. The Morgan fingerprint density at radius 2 is 1.90 bits per heavy atom. The monoisotopic (exact) mass is 291 g/mol. The minimum Gasteiger partial charge on any atom is -0.423 e. The fraction of sp³-hybridized carbons (Fsp3) is 0.333. The lowest BCUT2D eigenvalue weighted by Gasteiger charge is -2.08. The second kappa shape index (κ2) is 7.22. The van der Waals surface area contributed by atoms with E-state index in [-0.39, 0.29) is 0 Å². The van der Waals surface area contributed by atoms with Crippen LogP contribution in [-0.4, -0.2) is 16.5 Å². The van der Waals surface area contributed by atoms with Crippen molar-refractivity contribution in [2.45, 2.75) is 20.4 Å². The molecule has 1 heterocycles. The Labute approximate surface area is 124 Å². The third-order valence-electron chi connectivity index (χ3n) is 2.60. The fourth-order valence-electron chi connectivity index (χ4n) is 1.62. The summed E-state index contributed by atoms with van der Waals surface area (Å²) in [7, 11) is 0. The highest BCUT2D eigenvalue weighted by Crippen LogP contribution is 2.26. The number of nitrogens with zero attached hydrogens (tertiary/aromatic N) is 2. The number of nitrogens with one attached hydrogen (secondary N) is 1. The molecule has 0 aliphatic carbocycles. The van der Waals surface area contributed by atoms with Gasteiger partial charge in [-0.1, -0.05) is 37.6 Å². The van der Waals surface area contributed by atoms with Crippen LogP contribution < -0.4 is 10.1 Å². The molecule has 1 N–H and O–H groups in total. The van der Waals surface area contributed by atoms with E-state index in [1.54, 1.807) is 24.5 Å². The maximum absolute atomic E-state index is 6.01. The van der Waals surface area contributed by atoms with Crippen LogP contribution in [0.5, 0.6) is 11.8 Å². The van der Waals surface area contributed by atoms with Gasteiger partial charge in [-0.25, -0.2) is 9.97 Å². The molecular weight excluding hydrogens is 274 g/mol. The minimum atomic E-state index is 0.297. The molecule has 4 nitrogen and oxygen atoms in total. The molecule has 0 saturated carbocycles. The Hall–Kier alpha value is -1.65. The van der Waals surface area contributed by atoms with Gasteiger partial charge in [0.25, 0.3) is 0 Å². The summed E-state index contributed by atoms with van der Waals surface area (Å²) in [4.78, 5) is 8.36. The van der Waals surface area contributed by atoms with Crippen LogP contribution in [0.3, 0.4) is 0 Å². The number of para-hydroxylation sites is 1. The smallest absolute Gasteiger partial charge is 0.321 e. The summed E-state index contributed by atoms with van der Waals surface area (Å²) in [5.74, 6) is 1.18. The van der Waals surface area contributed by atoms with Crippen molar-refractivity contribution in [1.82, 2.24) is 15.3 Å². The molecule has 0 amide bonds. The lowest BCUT2D eigenvalue weighted by atomic mass is 10.2. The van der Waals surface area contributed by atoms with E-state index in [4.69, 9.17) is 16.3 Å². The molecule has 2 rings (SSSR count). The highest BCUT2D eigenvalue weighted by molar-refractivity contribution is 6.32. The van der Waals surface area contributed by atoms with Crippen molar-refractivity contribution < 1.29 is 4.74 Å². The molecule has 0 saturated heterocycles. The van der Waals surface area contributed by atoms with Gasteiger partial charge in [0.1, 0.15) is 5.75 Å². The van der Waals surface area contributed by atoms with Gasteiger partial charge in [-0.3, -0.25) is 0 Å². The largest absolute Gasteiger partial charge is 0.423 e. The molecule has 0 aliphatic rings. The van der Waals surface area contributed by atoms with Gasteiger partial charge in [0, 0.05) is 24.5 Å². The van der Waals surface area contributed by atoms with Crippen LogP contribution in [0.15, 0.2) is 36.7 Å². The summed E-state index contributed by atoms with van der Waals surface area (Å²) in [6.45, 7) is 6.07. The second-order valence-electron chi connectivity index (χ2n) is 4.93. The summed E-state index contributed by atoms with van der Waals surface area (Å²) in [5.41, 5.74) is 1.03. The van der Waals surface area contributed by atoms with Gasteiger partial charge in [-0.05, 0) is 24.6 Å². The van der Waals surface area contributed by atoms with E-state index in [1.807, 2.05) is 12.1 Å². The Morgan fingerprint density at radius 3 is 2.55 bits per heavy atom. The molecule has 20 heavy (non-hydrogen) atoms. The molecule has 2 aromatic rings. The van der Waals surface area contributed by atoms with Gasteiger partial charge < -0.3 is 10.1 Å². The summed E-state index contributed by atoms with van der Waals surface area (Å²) >= 11 is 6.01. The van der Waals surface area contributed by atoms with Gasteiger partial charge in [-0.2, -0.15) is 0 Å². The number of hydrogen-bond acceptors (Lipinski definition) is 4. The second-order valence-corrected chi connectivity index (χ2v) is 5.34. The number of halogens is 1. The molecule has 0 unspecified atom stereocenters. The first kappa shape index (κ1) is 14.8. The van der Waals surface area contributed by atoms with Crippen molar-refractivity contribution in [3.05, 3.63) is 47.2 Å². The van der Waals surface area contributed by atoms with Gasteiger partial charge in [0.05, 0.1) is 5.02 Å².